The van der Waals surface area contributed by atoms with Crippen LogP contribution in [0.3, 0.4) is 0 Å². The maximum Gasteiger partial charge on any atom is 0.343 e. The van der Waals surface area contributed by atoms with Crippen LogP contribution in [0.15, 0.2) is 48.5 Å². The highest BCUT2D eigenvalue weighted by atomic mass is 16.6. The van der Waals surface area contributed by atoms with Crippen LogP contribution in [0.1, 0.15) is 10.4 Å². The molecule has 0 saturated heterocycles. The molecular weight excluding hydrogens is 340 g/mol. The van der Waals surface area contributed by atoms with Crippen LogP contribution in [-0.4, -0.2) is 38.1 Å². The molecule has 26 heavy (non-hydrogen) atoms. The van der Waals surface area contributed by atoms with Crippen molar-refractivity contribution in [2.24, 2.45) is 5.73 Å². The van der Waals surface area contributed by atoms with Gasteiger partial charge in [0.25, 0.3) is 11.8 Å². The van der Waals surface area contributed by atoms with Gasteiger partial charge in [0.05, 0.1) is 7.11 Å². The minimum atomic E-state index is -0.573. The largest absolute Gasteiger partial charge is 0.484 e. The number of hydrogen-bond acceptors (Lipinski definition) is 6. The van der Waals surface area contributed by atoms with Crippen molar-refractivity contribution in [1.29, 1.82) is 0 Å². The van der Waals surface area contributed by atoms with Gasteiger partial charge >= 0.3 is 5.97 Å². The fourth-order valence-corrected chi connectivity index (χ4v) is 1.92. The molecule has 0 aliphatic carbocycles. The number of hydrogen-bond donors (Lipinski definition) is 2. The summed E-state index contributed by atoms with van der Waals surface area (Å²) in [6.45, 7) is -0.460. The number of nitrogens with two attached hydrogens (primary N) is 1. The van der Waals surface area contributed by atoms with Crippen LogP contribution >= 0.6 is 0 Å². The van der Waals surface area contributed by atoms with E-state index in [4.69, 9.17) is 15.2 Å². The van der Waals surface area contributed by atoms with Crippen molar-refractivity contribution in [3.05, 3.63) is 54.1 Å². The van der Waals surface area contributed by atoms with Crippen molar-refractivity contribution < 1.29 is 28.6 Å². The molecule has 0 radical (unpaired) electrons. The molecule has 3 N–H and O–H groups in total. The Morgan fingerprint density at radius 2 is 1.65 bits per heavy atom. The summed E-state index contributed by atoms with van der Waals surface area (Å²) in [6.07, 6.45) is 0. The molecule has 8 heteroatoms. The fraction of sp³-hybridized carbons (Fsp3) is 0.167. The fourth-order valence-electron chi connectivity index (χ4n) is 1.92. The van der Waals surface area contributed by atoms with Crippen molar-refractivity contribution in [1.82, 2.24) is 0 Å². The average Bonchev–Trinajstić information content (AvgIpc) is 2.65. The van der Waals surface area contributed by atoms with E-state index in [2.05, 4.69) is 10.1 Å². The van der Waals surface area contributed by atoms with E-state index in [9.17, 15) is 14.4 Å². The Bertz CT molecular complexity index is 789. The number of anilines is 1. The summed E-state index contributed by atoms with van der Waals surface area (Å²) in [5, 5.41) is 2.72. The summed E-state index contributed by atoms with van der Waals surface area (Å²) in [5.41, 5.74) is 5.91. The molecule has 0 aliphatic rings. The van der Waals surface area contributed by atoms with Gasteiger partial charge in [-0.2, -0.15) is 0 Å². The minimum Gasteiger partial charge on any atom is -0.484 e. The second kappa shape index (κ2) is 9.07. The third kappa shape index (κ3) is 5.82. The van der Waals surface area contributed by atoms with Crippen LogP contribution in [0.25, 0.3) is 0 Å². The zero-order chi connectivity index (χ0) is 18.9. The number of amides is 2. The van der Waals surface area contributed by atoms with E-state index in [0.29, 0.717) is 22.7 Å². The Labute approximate surface area is 149 Å². The van der Waals surface area contributed by atoms with E-state index >= 15 is 0 Å². The van der Waals surface area contributed by atoms with Crippen molar-refractivity contribution in [3.8, 4) is 11.5 Å². The quantitative estimate of drug-likeness (QED) is 0.688. The number of carbonyl (C=O) groups excluding carboxylic acids is 3. The molecule has 0 bridgehead atoms. The van der Waals surface area contributed by atoms with Gasteiger partial charge in [-0.15, -0.1) is 0 Å². The number of nitrogens with one attached hydrogen (secondary N) is 1. The lowest BCUT2D eigenvalue weighted by atomic mass is 10.2. The normalized spacial score (nSPS) is 9.88. The molecule has 0 saturated carbocycles. The molecule has 2 amide bonds. The summed E-state index contributed by atoms with van der Waals surface area (Å²) in [4.78, 5) is 34.1. The molecule has 2 aromatic carbocycles. The van der Waals surface area contributed by atoms with Crippen molar-refractivity contribution in [2.45, 2.75) is 0 Å². The van der Waals surface area contributed by atoms with E-state index in [1.165, 1.54) is 13.2 Å². The monoisotopic (exact) mass is 358 g/mol. The Morgan fingerprint density at radius 1 is 0.962 bits per heavy atom. The van der Waals surface area contributed by atoms with Crippen LogP contribution in [0.5, 0.6) is 11.5 Å². The third-order valence-corrected chi connectivity index (χ3v) is 3.17. The van der Waals surface area contributed by atoms with E-state index in [1.807, 2.05) is 0 Å². The molecule has 8 nitrogen and oxygen atoms in total. The van der Waals surface area contributed by atoms with Gasteiger partial charge in [0.1, 0.15) is 11.5 Å². The van der Waals surface area contributed by atoms with Gasteiger partial charge in [0.2, 0.25) is 0 Å². The Morgan fingerprint density at radius 3 is 2.31 bits per heavy atom. The van der Waals surface area contributed by atoms with Gasteiger partial charge in [-0.05, 0) is 42.5 Å². The molecule has 0 heterocycles. The lowest BCUT2D eigenvalue weighted by Crippen LogP contribution is -2.20. The van der Waals surface area contributed by atoms with Gasteiger partial charge in [-0.3, -0.25) is 9.59 Å². The summed E-state index contributed by atoms with van der Waals surface area (Å²) in [7, 11) is 1.26. The molecular formula is C18H18N2O6. The number of methoxy groups -OCH3 is 1. The highest BCUT2D eigenvalue weighted by Gasteiger charge is 2.09. The molecule has 136 valence electrons. The summed E-state index contributed by atoms with van der Waals surface area (Å²) in [6, 6.07) is 12.9. The van der Waals surface area contributed by atoms with Crippen LogP contribution < -0.4 is 20.5 Å². The molecule has 0 unspecified atom stereocenters. The minimum absolute atomic E-state index is 0.218. The van der Waals surface area contributed by atoms with Crippen LogP contribution in [0.4, 0.5) is 5.69 Å². The zero-order valence-electron chi connectivity index (χ0n) is 14.1. The topological polar surface area (TPSA) is 117 Å². The van der Waals surface area contributed by atoms with Gasteiger partial charge in [-0.1, -0.05) is 6.07 Å². The Balaban J connectivity index is 1.96. The second-order valence-electron chi connectivity index (χ2n) is 5.13. The number of carbonyl (C=O) groups is 3. The highest BCUT2D eigenvalue weighted by molar-refractivity contribution is 6.04. The second-order valence-corrected chi connectivity index (χ2v) is 5.13. The van der Waals surface area contributed by atoms with E-state index in [1.54, 1.807) is 42.5 Å². The lowest BCUT2D eigenvalue weighted by molar-refractivity contribution is -0.142. The van der Waals surface area contributed by atoms with Crippen molar-refractivity contribution in [3.63, 3.8) is 0 Å². The van der Waals surface area contributed by atoms with Crippen LogP contribution in [-0.2, 0) is 14.3 Å². The van der Waals surface area contributed by atoms with Gasteiger partial charge in [-0.25, -0.2) is 4.79 Å². The number of esters is 1. The maximum absolute atomic E-state index is 12.3. The first-order valence-electron chi connectivity index (χ1n) is 7.60. The smallest absolute Gasteiger partial charge is 0.343 e. The summed E-state index contributed by atoms with van der Waals surface area (Å²) in [5.74, 6) is -0.604. The number of primary amides is 1. The Hall–Kier alpha value is -3.55. The zero-order valence-corrected chi connectivity index (χ0v) is 14.1. The van der Waals surface area contributed by atoms with Crippen LogP contribution in [0.2, 0.25) is 0 Å². The van der Waals surface area contributed by atoms with Gasteiger partial charge in [0.15, 0.2) is 13.2 Å². The van der Waals surface area contributed by atoms with E-state index in [-0.39, 0.29) is 19.1 Å². The van der Waals surface area contributed by atoms with Crippen LogP contribution in [0, 0.1) is 0 Å². The van der Waals surface area contributed by atoms with E-state index in [0.717, 1.165) is 0 Å². The Kier molecular flexibility index (Phi) is 6.55. The predicted octanol–water partition coefficient (Wildman–Crippen LogP) is 1.35. The first kappa shape index (κ1) is 18.8. The first-order valence-corrected chi connectivity index (χ1v) is 7.60. The predicted molar refractivity (Wildman–Crippen MR) is 93.0 cm³/mol. The summed E-state index contributed by atoms with van der Waals surface area (Å²) >= 11 is 0. The molecule has 2 aromatic rings. The maximum atomic E-state index is 12.3. The first-order chi connectivity index (χ1) is 12.5. The molecule has 0 spiro atoms. The van der Waals surface area contributed by atoms with E-state index < -0.39 is 11.9 Å². The molecule has 0 atom stereocenters. The molecule has 0 aromatic heterocycles. The standard InChI is InChI=1S/C18H18N2O6/c1-24-17(22)11-26-15-4-2-3-12(9-15)18(23)20-13-5-7-14(8-6-13)25-10-16(19)21/h2-9H,10-11H2,1H3,(H2,19,21)(H,20,23). The van der Waals surface area contributed by atoms with Gasteiger partial charge in [0, 0.05) is 11.3 Å². The number of rotatable bonds is 8. The highest BCUT2D eigenvalue weighted by Crippen LogP contribution is 2.18. The number of benzene rings is 2. The van der Waals surface area contributed by atoms with Crippen molar-refractivity contribution in [2.75, 3.05) is 25.6 Å². The summed E-state index contributed by atoms with van der Waals surface area (Å²) < 4.78 is 14.9. The molecule has 0 aliphatic heterocycles. The molecule has 0 fully saturated rings. The third-order valence-electron chi connectivity index (χ3n) is 3.17. The average molecular weight is 358 g/mol. The van der Waals surface area contributed by atoms with Crippen molar-refractivity contribution >= 4 is 23.5 Å². The van der Waals surface area contributed by atoms with Gasteiger partial charge < -0.3 is 25.3 Å². The number of ether oxygens (including phenoxy) is 3. The lowest BCUT2D eigenvalue weighted by Gasteiger charge is -2.09. The SMILES string of the molecule is COC(=O)COc1cccc(C(=O)Nc2ccc(OCC(N)=O)cc2)c1. The molecule has 2 rings (SSSR count).